The van der Waals surface area contributed by atoms with Crippen LogP contribution >= 0.6 is 0 Å². The monoisotopic (exact) mass is 495 g/mol. The number of aromatic nitrogens is 1. The summed E-state index contributed by atoms with van der Waals surface area (Å²) in [6, 6.07) is 9.98. The summed E-state index contributed by atoms with van der Waals surface area (Å²) in [6.07, 6.45) is 6.94. The van der Waals surface area contributed by atoms with Crippen molar-refractivity contribution in [2.75, 3.05) is 13.2 Å². The highest BCUT2D eigenvalue weighted by atomic mass is 32.2. The van der Waals surface area contributed by atoms with Gasteiger partial charge in [-0.05, 0) is 81.7 Å². The van der Waals surface area contributed by atoms with E-state index >= 15 is 0 Å². The largest absolute Gasteiger partial charge is 0.396 e. The summed E-state index contributed by atoms with van der Waals surface area (Å²) in [7, 11) is -1.28. The van der Waals surface area contributed by atoms with Crippen LogP contribution in [0, 0.1) is 0 Å². The van der Waals surface area contributed by atoms with Crippen LogP contribution in [0.1, 0.15) is 93.0 Å². The number of fused-ring (bicyclic) bond motifs is 1. The molecule has 0 saturated carbocycles. The van der Waals surface area contributed by atoms with E-state index in [4.69, 9.17) is 4.98 Å². The third kappa shape index (κ3) is 5.42. The van der Waals surface area contributed by atoms with Gasteiger partial charge in [0.15, 0.2) is 0 Å². The second-order valence-corrected chi connectivity index (χ2v) is 12.5. The zero-order chi connectivity index (χ0) is 25.2. The second-order valence-electron chi connectivity index (χ2n) is 10.4. The molecule has 0 radical (unpaired) electrons. The Morgan fingerprint density at radius 3 is 2.69 bits per heavy atom. The van der Waals surface area contributed by atoms with Gasteiger partial charge in [-0.1, -0.05) is 31.2 Å². The quantitative estimate of drug-likeness (QED) is 0.530. The van der Waals surface area contributed by atoms with E-state index in [1.807, 2.05) is 50.2 Å². The highest BCUT2D eigenvalue weighted by Gasteiger charge is 2.40. The van der Waals surface area contributed by atoms with Gasteiger partial charge in [0, 0.05) is 30.8 Å². The molecule has 4 rings (SSSR count). The molecule has 2 atom stereocenters. The molecular formula is C28H37N3O3S. The smallest absolute Gasteiger partial charge is 0.269 e. The van der Waals surface area contributed by atoms with Crippen LogP contribution in [0.5, 0.6) is 0 Å². The van der Waals surface area contributed by atoms with Crippen molar-refractivity contribution >= 4 is 22.5 Å². The SMILES string of the molecule is CCCNC(=O)c1cc2c(c(-c3cccc(C4=CCCC4)c3)n1)[C@@H](CCO)N([S@](=O)C(C)(C)C)C2. The number of hydrogen-bond donors (Lipinski definition) is 2. The highest BCUT2D eigenvalue weighted by Crippen LogP contribution is 2.44. The minimum Gasteiger partial charge on any atom is -0.396 e. The molecule has 0 unspecified atom stereocenters. The van der Waals surface area contributed by atoms with Crippen molar-refractivity contribution < 1.29 is 14.1 Å². The van der Waals surface area contributed by atoms with Gasteiger partial charge in [-0.3, -0.25) is 4.79 Å². The maximum absolute atomic E-state index is 13.5. The predicted molar refractivity (Wildman–Crippen MR) is 142 cm³/mol. The molecule has 6 nitrogen and oxygen atoms in total. The summed E-state index contributed by atoms with van der Waals surface area (Å²) in [4.78, 5) is 17.8. The Balaban J connectivity index is 1.86. The number of carbonyl (C=O) groups is 1. The van der Waals surface area contributed by atoms with Gasteiger partial charge < -0.3 is 10.4 Å². The molecule has 1 amide bonds. The maximum atomic E-state index is 13.5. The van der Waals surface area contributed by atoms with Gasteiger partial charge in [-0.15, -0.1) is 0 Å². The summed E-state index contributed by atoms with van der Waals surface area (Å²) < 4.78 is 15.0. The predicted octanol–water partition coefficient (Wildman–Crippen LogP) is 5.16. The molecule has 7 heteroatoms. The lowest BCUT2D eigenvalue weighted by Crippen LogP contribution is -2.36. The lowest BCUT2D eigenvalue weighted by molar-refractivity contribution is 0.0948. The minimum atomic E-state index is -1.28. The van der Waals surface area contributed by atoms with Gasteiger partial charge >= 0.3 is 0 Å². The van der Waals surface area contributed by atoms with Gasteiger partial charge in [0.25, 0.3) is 5.91 Å². The average molecular weight is 496 g/mol. The fourth-order valence-corrected chi connectivity index (χ4v) is 6.34. The van der Waals surface area contributed by atoms with Crippen LogP contribution in [0.4, 0.5) is 0 Å². The number of aliphatic hydroxyl groups excluding tert-OH is 1. The molecule has 1 aromatic carbocycles. The zero-order valence-corrected chi connectivity index (χ0v) is 22.1. The maximum Gasteiger partial charge on any atom is 0.269 e. The molecule has 1 aliphatic heterocycles. The molecule has 188 valence electrons. The third-order valence-electron chi connectivity index (χ3n) is 6.61. The molecule has 2 N–H and O–H groups in total. The molecule has 0 spiro atoms. The van der Waals surface area contributed by atoms with Crippen LogP contribution in [0.3, 0.4) is 0 Å². The molecule has 0 saturated heterocycles. The molecule has 1 aliphatic carbocycles. The molecule has 0 fully saturated rings. The van der Waals surface area contributed by atoms with Crippen molar-refractivity contribution in [1.82, 2.24) is 14.6 Å². The first-order chi connectivity index (χ1) is 16.7. The standard InChI is InChI=1S/C28H37N3O3S/c1-5-14-29-27(33)23-17-22-18-31(35(34)28(2,3)4)24(13-15-32)25(22)26(30-23)21-12-8-11-20(16-21)19-9-6-7-10-19/h8-9,11-12,16-17,24,32H,5-7,10,13-15,18H2,1-4H3,(H,29,33)/t24-,35-/m1/s1. The van der Waals surface area contributed by atoms with Gasteiger partial charge in [0.1, 0.15) is 16.7 Å². The first-order valence-corrected chi connectivity index (χ1v) is 13.8. The van der Waals surface area contributed by atoms with Crippen molar-refractivity contribution in [2.24, 2.45) is 0 Å². The van der Waals surface area contributed by atoms with Crippen LogP contribution in [0.15, 0.2) is 36.4 Å². The number of carbonyl (C=O) groups excluding carboxylic acids is 1. The highest BCUT2D eigenvalue weighted by molar-refractivity contribution is 7.84. The van der Waals surface area contributed by atoms with Gasteiger partial charge in [-0.25, -0.2) is 13.5 Å². The molecule has 2 aliphatic rings. The lowest BCUT2D eigenvalue weighted by atomic mass is 9.94. The van der Waals surface area contributed by atoms with E-state index in [0.29, 0.717) is 25.2 Å². The van der Waals surface area contributed by atoms with E-state index < -0.39 is 15.7 Å². The Morgan fingerprint density at radius 1 is 1.26 bits per heavy atom. The Kier molecular flexibility index (Phi) is 7.89. The van der Waals surface area contributed by atoms with Crippen molar-refractivity contribution in [3.05, 3.63) is 58.8 Å². The minimum absolute atomic E-state index is 0.0208. The molecule has 35 heavy (non-hydrogen) atoms. The van der Waals surface area contributed by atoms with E-state index in [9.17, 15) is 14.1 Å². The first kappa shape index (κ1) is 25.7. The number of amides is 1. The molecular weight excluding hydrogens is 458 g/mol. The normalized spacial score (nSPS) is 18.9. The first-order valence-electron chi connectivity index (χ1n) is 12.7. The number of hydrogen-bond acceptors (Lipinski definition) is 4. The average Bonchev–Trinajstić information content (AvgIpc) is 3.50. The Morgan fingerprint density at radius 2 is 2.03 bits per heavy atom. The lowest BCUT2D eigenvalue weighted by Gasteiger charge is -2.30. The Hall–Kier alpha value is -2.35. The second kappa shape index (κ2) is 10.7. The van der Waals surface area contributed by atoms with Crippen molar-refractivity contribution in [3.8, 4) is 11.3 Å². The van der Waals surface area contributed by atoms with Crippen LogP contribution in [-0.4, -0.2) is 42.4 Å². The number of rotatable bonds is 8. The molecule has 0 bridgehead atoms. The van der Waals surface area contributed by atoms with Crippen LogP contribution in [0.25, 0.3) is 16.8 Å². The van der Waals surface area contributed by atoms with Gasteiger partial charge in [0.05, 0.1) is 16.5 Å². The van der Waals surface area contributed by atoms with E-state index in [1.165, 1.54) is 17.6 Å². The number of benzene rings is 1. The summed E-state index contributed by atoms with van der Waals surface area (Å²) in [6.45, 7) is 8.93. The van der Waals surface area contributed by atoms with Crippen LogP contribution < -0.4 is 5.32 Å². The third-order valence-corrected chi connectivity index (χ3v) is 8.46. The Bertz CT molecular complexity index is 1150. The Labute approximate surface area is 211 Å². The van der Waals surface area contributed by atoms with E-state index in [2.05, 4.69) is 23.5 Å². The molecule has 2 aromatic rings. The summed E-state index contributed by atoms with van der Waals surface area (Å²) in [5, 5.41) is 12.9. The molecule has 2 heterocycles. The number of nitrogens with zero attached hydrogens (tertiary/aromatic N) is 2. The van der Waals surface area contributed by atoms with Gasteiger partial charge in [0.2, 0.25) is 0 Å². The fourth-order valence-electron chi connectivity index (χ4n) is 4.93. The zero-order valence-electron chi connectivity index (χ0n) is 21.3. The fraction of sp³-hybridized carbons (Fsp3) is 0.500. The number of aliphatic hydroxyl groups is 1. The van der Waals surface area contributed by atoms with Crippen molar-refractivity contribution in [3.63, 3.8) is 0 Å². The summed E-state index contributed by atoms with van der Waals surface area (Å²) >= 11 is 0. The van der Waals surface area contributed by atoms with E-state index in [-0.39, 0.29) is 18.6 Å². The van der Waals surface area contributed by atoms with Gasteiger partial charge in [-0.2, -0.15) is 0 Å². The van der Waals surface area contributed by atoms with Crippen molar-refractivity contribution in [1.29, 1.82) is 0 Å². The number of pyridine rings is 1. The number of allylic oxidation sites excluding steroid dienone is 2. The molecule has 1 aromatic heterocycles. The summed E-state index contributed by atoms with van der Waals surface area (Å²) in [5.74, 6) is -0.195. The topological polar surface area (TPSA) is 82.5 Å². The van der Waals surface area contributed by atoms with Crippen LogP contribution in [0.2, 0.25) is 0 Å². The van der Waals surface area contributed by atoms with E-state index in [0.717, 1.165) is 41.6 Å². The summed E-state index contributed by atoms with van der Waals surface area (Å²) in [5.41, 5.74) is 6.54. The van der Waals surface area contributed by atoms with Crippen molar-refractivity contribution in [2.45, 2.75) is 77.1 Å². The van der Waals surface area contributed by atoms with E-state index in [1.54, 1.807) is 0 Å². The number of nitrogens with one attached hydrogen (secondary N) is 1. The van der Waals surface area contributed by atoms with Crippen LogP contribution in [-0.2, 0) is 17.5 Å².